The number of benzene rings is 2. The van der Waals surface area contributed by atoms with Gasteiger partial charge in [0.2, 0.25) is 21.8 Å². The van der Waals surface area contributed by atoms with E-state index in [2.05, 4.69) is 5.32 Å². The van der Waals surface area contributed by atoms with Crippen LogP contribution in [0.3, 0.4) is 0 Å². The Kier molecular flexibility index (Phi) is 9.31. The van der Waals surface area contributed by atoms with E-state index in [-0.39, 0.29) is 18.4 Å². The van der Waals surface area contributed by atoms with E-state index in [9.17, 15) is 18.0 Å². The molecule has 0 aliphatic heterocycles. The van der Waals surface area contributed by atoms with Crippen LogP contribution in [-0.2, 0) is 26.2 Å². The highest BCUT2D eigenvalue weighted by molar-refractivity contribution is 7.92. The lowest BCUT2D eigenvalue weighted by Crippen LogP contribution is -2.51. The first-order valence-corrected chi connectivity index (χ1v) is 13.0. The molecule has 0 aliphatic carbocycles. The van der Waals surface area contributed by atoms with Crippen molar-refractivity contribution in [3.8, 4) is 0 Å². The molecule has 0 bridgehead atoms. The number of amides is 2. The Morgan fingerprint density at radius 3 is 2.30 bits per heavy atom. The highest BCUT2D eigenvalue weighted by Crippen LogP contribution is 2.21. The first-order valence-electron chi connectivity index (χ1n) is 10.7. The summed E-state index contributed by atoms with van der Waals surface area (Å²) in [7, 11) is -3.75. The lowest BCUT2D eigenvalue weighted by molar-refractivity contribution is -0.139. The van der Waals surface area contributed by atoms with E-state index in [1.807, 2.05) is 26.8 Å². The van der Waals surface area contributed by atoms with Crippen molar-refractivity contribution in [2.24, 2.45) is 5.92 Å². The third kappa shape index (κ3) is 8.05. The first kappa shape index (κ1) is 26.7. The van der Waals surface area contributed by atoms with Gasteiger partial charge in [0, 0.05) is 18.1 Å². The highest BCUT2D eigenvalue weighted by Gasteiger charge is 2.30. The average molecular weight is 494 g/mol. The van der Waals surface area contributed by atoms with Crippen molar-refractivity contribution in [3.05, 3.63) is 64.7 Å². The van der Waals surface area contributed by atoms with Crippen molar-refractivity contribution in [1.82, 2.24) is 10.2 Å². The van der Waals surface area contributed by atoms with E-state index in [4.69, 9.17) is 11.6 Å². The first-order chi connectivity index (χ1) is 15.4. The minimum absolute atomic E-state index is 0.112. The minimum Gasteiger partial charge on any atom is -0.354 e. The molecular formula is C24H32ClN3O4S. The number of hydrogen-bond donors (Lipinski definition) is 1. The minimum atomic E-state index is -3.75. The predicted octanol–water partition coefficient (Wildman–Crippen LogP) is 3.60. The van der Waals surface area contributed by atoms with Crippen molar-refractivity contribution in [2.45, 2.75) is 40.3 Å². The van der Waals surface area contributed by atoms with Gasteiger partial charge in [-0.25, -0.2) is 8.42 Å². The van der Waals surface area contributed by atoms with Crippen LogP contribution in [0.4, 0.5) is 5.69 Å². The van der Waals surface area contributed by atoms with Crippen LogP contribution in [0.15, 0.2) is 48.5 Å². The van der Waals surface area contributed by atoms with Crippen LogP contribution < -0.4 is 9.62 Å². The molecule has 2 rings (SSSR count). The number of nitrogens with zero attached hydrogens (tertiary/aromatic N) is 2. The van der Waals surface area contributed by atoms with Gasteiger partial charge in [-0.2, -0.15) is 0 Å². The summed E-state index contributed by atoms with van der Waals surface area (Å²) in [5, 5.41) is 3.35. The van der Waals surface area contributed by atoms with Gasteiger partial charge in [-0.15, -0.1) is 0 Å². The zero-order valence-electron chi connectivity index (χ0n) is 19.7. The van der Waals surface area contributed by atoms with Gasteiger partial charge in [0.1, 0.15) is 12.6 Å². The number of nitrogens with one attached hydrogen (secondary N) is 1. The highest BCUT2D eigenvalue weighted by atomic mass is 35.5. The van der Waals surface area contributed by atoms with Crippen molar-refractivity contribution in [3.63, 3.8) is 0 Å². The molecule has 0 aliphatic rings. The fourth-order valence-corrected chi connectivity index (χ4v) is 4.32. The summed E-state index contributed by atoms with van der Waals surface area (Å²) < 4.78 is 26.1. The van der Waals surface area contributed by atoms with Gasteiger partial charge in [0.25, 0.3) is 0 Å². The third-order valence-corrected chi connectivity index (χ3v) is 6.44. The van der Waals surface area contributed by atoms with Gasteiger partial charge < -0.3 is 10.2 Å². The van der Waals surface area contributed by atoms with Crippen LogP contribution in [0.5, 0.6) is 0 Å². The largest absolute Gasteiger partial charge is 0.354 e. The molecule has 2 amide bonds. The lowest BCUT2D eigenvalue weighted by atomic mass is 10.1. The molecule has 0 spiro atoms. The fraction of sp³-hybridized carbons (Fsp3) is 0.417. The monoisotopic (exact) mass is 493 g/mol. The topological polar surface area (TPSA) is 86.8 Å². The van der Waals surface area contributed by atoms with Gasteiger partial charge in [0.15, 0.2) is 0 Å². The lowest BCUT2D eigenvalue weighted by Gasteiger charge is -2.31. The molecule has 0 heterocycles. The average Bonchev–Trinajstić information content (AvgIpc) is 2.72. The second-order valence-electron chi connectivity index (χ2n) is 8.58. The maximum absolute atomic E-state index is 13.4. The Balaban J connectivity index is 2.36. The van der Waals surface area contributed by atoms with Crippen molar-refractivity contribution in [1.29, 1.82) is 0 Å². The predicted molar refractivity (Wildman–Crippen MR) is 133 cm³/mol. The van der Waals surface area contributed by atoms with Gasteiger partial charge in [-0.3, -0.25) is 13.9 Å². The van der Waals surface area contributed by atoms with Gasteiger partial charge in [0.05, 0.1) is 11.9 Å². The molecule has 0 saturated carbocycles. The van der Waals surface area contributed by atoms with Crippen LogP contribution in [0.25, 0.3) is 0 Å². The van der Waals surface area contributed by atoms with Gasteiger partial charge >= 0.3 is 0 Å². The number of hydrogen-bond acceptors (Lipinski definition) is 4. The molecule has 0 aromatic heterocycles. The molecule has 0 saturated heterocycles. The van der Waals surface area contributed by atoms with Crippen LogP contribution in [0.1, 0.15) is 31.9 Å². The summed E-state index contributed by atoms with van der Waals surface area (Å²) in [6.45, 7) is 7.60. The summed E-state index contributed by atoms with van der Waals surface area (Å²) in [6.07, 6.45) is 1.06. The van der Waals surface area contributed by atoms with Crippen LogP contribution in [-0.4, -0.2) is 50.5 Å². The molecule has 0 radical (unpaired) electrons. The Morgan fingerprint density at radius 1 is 1.06 bits per heavy atom. The fourth-order valence-electron chi connectivity index (χ4n) is 3.26. The van der Waals surface area contributed by atoms with E-state index in [0.29, 0.717) is 17.3 Å². The molecule has 9 heteroatoms. The van der Waals surface area contributed by atoms with Crippen LogP contribution in [0.2, 0.25) is 5.02 Å². The summed E-state index contributed by atoms with van der Waals surface area (Å²) >= 11 is 6.10. The standard InChI is InChI=1S/C24H32ClN3O4S/c1-17(2)14-26-24(30)19(4)27(15-20-9-7-10-21(25)13-20)23(29)16-28(33(5,31)32)22-11-6-8-18(3)12-22/h6-13,17,19H,14-16H2,1-5H3,(H,26,30)/t19-/m0/s1. The van der Waals surface area contributed by atoms with Crippen LogP contribution in [0, 0.1) is 12.8 Å². The number of anilines is 1. The number of carbonyl (C=O) groups is 2. The molecule has 33 heavy (non-hydrogen) atoms. The molecule has 1 atom stereocenters. The zero-order chi connectivity index (χ0) is 24.8. The number of rotatable bonds is 10. The maximum atomic E-state index is 13.4. The third-order valence-electron chi connectivity index (χ3n) is 5.06. The second kappa shape index (κ2) is 11.5. The van der Waals surface area contributed by atoms with E-state index < -0.39 is 28.5 Å². The molecular weight excluding hydrogens is 462 g/mol. The van der Waals surface area contributed by atoms with Crippen molar-refractivity contribution in [2.75, 3.05) is 23.7 Å². The molecule has 0 fully saturated rings. The van der Waals surface area contributed by atoms with E-state index in [0.717, 1.165) is 21.7 Å². The molecule has 0 unspecified atom stereocenters. The number of halogens is 1. The van der Waals surface area contributed by atoms with E-state index in [1.165, 1.54) is 4.90 Å². The van der Waals surface area contributed by atoms with E-state index >= 15 is 0 Å². The second-order valence-corrected chi connectivity index (χ2v) is 10.9. The SMILES string of the molecule is Cc1cccc(N(CC(=O)N(Cc2cccc(Cl)c2)[C@@H](C)C(=O)NCC(C)C)S(C)(=O)=O)c1. The summed E-state index contributed by atoms with van der Waals surface area (Å²) in [4.78, 5) is 27.6. The molecule has 1 N–H and O–H groups in total. The Bertz CT molecular complexity index is 1090. The Labute approximate surface area is 201 Å². The van der Waals surface area contributed by atoms with E-state index in [1.54, 1.807) is 49.4 Å². The summed E-state index contributed by atoms with van der Waals surface area (Å²) in [5.74, 6) is -0.546. The number of sulfonamides is 1. The smallest absolute Gasteiger partial charge is 0.244 e. The molecule has 180 valence electrons. The summed E-state index contributed by atoms with van der Waals surface area (Å²) in [5.41, 5.74) is 2.00. The Morgan fingerprint density at radius 2 is 1.73 bits per heavy atom. The summed E-state index contributed by atoms with van der Waals surface area (Å²) in [6, 6.07) is 13.1. The van der Waals surface area contributed by atoms with Gasteiger partial charge in [-0.05, 0) is 55.2 Å². The van der Waals surface area contributed by atoms with Crippen LogP contribution >= 0.6 is 11.6 Å². The Hall–Kier alpha value is -2.58. The maximum Gasteiger partial charge on any atom is 0.244 e. The number of aryl methyl sites for hydroxylation is 1. The zero-order valence-corrected chi connectivity index (χ0v) is 21.3. The molecule has 7 nitrogen and oxygen atoms in total. The normalized spacial score (nSPS) is 12.3. The number of carbonyl (C=O) groups excluding carboxylic acids is 2. The van der Waals surface area contributed by atoms with Gasteiger partial charge in [-0.1, -0.05) is 49.7 Å². The molecule has 2 aromatic rings. The molecule has 2 aromatic carbocycles. The van der Waals surface area contributed by atoms with Crippen molar-refractivity contribution >= 4 is 39.1 Å². The van der Waals surface area contributed by atoms with Crippen molar-refractivity contribution < 1.29 is 18.0 Å². The quantitative estimate of drug-likeness (QED) is 0.547.